The van der Waals surface area contributed by atoms with E-state index in [-0.39, 0.29) is 16.5 Å². The first-order chi connectivity index (χ1) is 13.0. The lowest BCUT2D eigenvalue weighted by Gasteiger charge is -2.39. The molecule has 1 amide bonds. The van der Waals surface area contributed by atoms with E-state index < -0.39 is 37.3 Å². The van der Waals surface area contributed by atoms with Crippen molar-refractivity contribution < 1.29 is 34.7 Å². The molecule has 5 unspecified atom stereocenters. The molecule has 9 heteroatoms. The van der Waals surface area contributed by atoms with Crippen LogP contribution in [0.25, 0.3) is 0 Å². The average molecular weight is 395 g/mol. The Labute approximate surface area is 159 Å². The molecule has 1 fully saturated rings. The highest BCUT2D eigenvalue weighted by atomic mass is 32.1. The van der Waals surface area contributed by atoms with Gasteiger partial charge in [-0.25, -0.2) is 0 Å². The number of thiophene rings is 1. The van der Waals surface area contributed by atoms with Gasteiger partial charge in [0.15, 0.2) is 0 Å². The summed E-state index contributed by atoms with van der Waals surface area (Å²) in [5.41, 5.74) is 0.943. The summed E-state index contributed by atoms with van der Waals surface area (Å²) in [4.78, 5) is 12.7. The second-order valence-electron chi connectivity index (χ2n) is 6.10. The lowest BCUT2D eigenvalue weighted by Crippen LogP contribution is -2.60. The fraction of sp³-hybridized carbons (Fsp3) is 0.389. The Morgan fingerprint density at radius 1 is 1.11 bits per heavy atom. The molecule has 8 nitrogen and oxygen atoms in total. The molecule has 2 aromatic rings. The van der Waals surface area contributed by atoms with Crippen LogP contribution < -0.4 is 10.1 Å². The van der Waals surface area contributed by atoms with Crippen molar-refractivity contribution in [2.24, 2.45) is 0 Å². The third-order valence-electron chi connectivity index (χ3n) is 4.22. The zero-order valence-electron chi connectivity index (χ0n) is 14.3. The topological polar surface area (TPSA) is 128 Å². The van der Waals surface area contributed by atoms with Gasteiger partial charge in [0.05, 0.1) is 6.61 Å². The van der Waals surface area contributed by atoms with Gasteiger partial charge in [-0.05, 0) is 17.0 Å². The number of amides is 1. The Morgan fingerprint density at radius 3 is 2.56 bits per heavy atom. The largest absolute Gasteiger partial charge is 0.460 e. The molecule has 0 saturated carbocycles. The van der Waals surface area contributed by atoms with Gasteiger partial charge in [0, 0.05) is 6.54 Å². The molecule has 5 atom stereocenters. The number of carbonyl (C=O) groups is 1. The lowest BCUT2D eigenvalue weighted by atomic mass is 9.99. The van der Waals surface area contributed by atoms with Gasteiger partial charge in [0.1, 0.15) is 35.0 Å². The third-order valence-corrected chi connectivity index (χ3v) is 5.12. The van der Waals surface area contributed by atoms with Crippen LogP contribution in [0.2, 0.25) is 0 Å². The molecule has 1 aliphatic heterocycles. The summed E-state index contributed by atoms with van der Waals surface area (Å²) in [6.45, 7) is -0.212. The van der Waals surface area contributed by atoms with Gasteiger partial charge < -0.3 is 35.2 Å². The number of nitrogens with one attached hydrogen (secondary N) is 1. The van der Waals surface area contributed by atoms with E-state index in [9.17, 15) is 25.2 Å². The van der Waals surface area contributed by atoms with Crippen molar-refractivity contribution in [3.63, 3.8) is 0 Å². The molecule has 0 bridgehead atoms. The zero-order valence-corrected chi connectivity index (χ0v) is 15.1. The van der Waals surface area contributed by atoms with Crippen LogP contribution in [0, 0.1) is 0 Å². The molecule has 0 aliphatic carbocycles. The minimum absolute atomic E-state index is 0.176. The predicted molar refractivity (Wildman–Crippen MR) is 96.3 cm³/mol. The quantitative estimate of drug-likeness (QED) is 0.460. The van der Waals surface area contributed by atoms with Gasteiger partial charge in [0.2, 0.25) is 6.29 Å². The Kier molecular flexibility index (Phi) is 6.42. The third kappa shape index (κ3) is 4.46. The van der Waals surface area contributed by atoms with Crippen LogP contribution in [0.15, 0.2) is 41.8 Å². The second-order valence-corrected chi connectivity index (χ2v) is 7.01. The molecule has 3 rings (SSSR count). The van der Waals surface area contributed by atoms with Crippen molar-refractivity contribution in [1.29, 1.82) is 0 Å². The first kappa shape index (κ1) is 19.7. The number of carbonyl (C=O) groups excluding carboxylic acids is 1. The molecular weight excluding hydrogens is 374 g/mol. The Hall–Kier alpha value is -2.01. The van der Waals surface area contributed by atoms with E-state index in [1.54, 1.807) is 11.4 Å². The summed E-state index contributed by atoms with van der Waals surface area (Å²) in [6.07, 6.45) is -6.97. The van der Waals surface area contributed by atoms with Crippen LogP contribution in [-0.2, 0) is 11.3 Å². The van der Waals surface area contributed by atoms with Gasteiger partial charge >= 0.3 is 0 Å². The molecule has 1 aliphatic rings. The van der Waals surface area contributed by atoms with Crippen molar-refractivity contribution in [1.82, 2.24) is 5.32 Å². The Morgan fingerprint density at radius 2 is 1.85 bits per heavy atom. The number of benzene rings is 1. The molecule has 27 heavy (non-hydrogen) atoms. The first-order valence-electron chi connectivity index (χ1n) is 8.38. The molecule has 5 N–H and O–H groups in total. The summed E-state index contributed by atoms with van der Waals surface area (Å²) in [5, 5.41) is 43.4. The summed E-state index contributed by atoms with van der Waals surface area (Å²) in [5.74, 6) is -0.177. The van der Waals surface area contributed by atoms with Crippen molar-refractivity contribution in [3.05, 3.63) is 52.2 Å². The fourth-order valence-corrected chi connectivity index (χ4v) is 3.44. The molecule has 0 radical (unpaired) electrons. The van der Waals surface area contributed by atoms with Crippen LogP contribution in [-0.4, -0.2) is 63.6 Å². The molecular formula is C18H21NO7S. The van der Waals surface area contributed by atoms with E-state index in [1.807, 2.05) is 30.3 Å². The average Bonchev–Trinajstić information content (AvgIpc) is 3.15. The molecule has 1 aromatic heterocycles. The van der Waals surface area contributed by atoms with Gasteiger partial charge in [-0.15, -0.1) is 11.3 Å². The number of hydrogen-bond donors (Lipinski definition) is 5. The minimum atomic E-state index is -1.55. The zero-order chi connectivity index (χ0) is 19.4. The monoisotopic (exact) mass is 395 g/mol. The first-order valence-corrected chi connectivity index (χ1v) is 9.26. The molecule has 1 aromatic carbocycles. The van der Waals surface area contributed by atoms with Crippen molar-refractivity contribution in [3.8, 4) is 5.75 Å². The number of hydrogen-bond acceptors (Lipinski definition) is 8. The molecule has 0 spiro atoms. The Bertz CT molecular complexity index is 751. The van der Waals surface area contributed by atoms with Crippen molar-refractivity contribution in [2.75, 3.05) is 6.61 Å². The fourth-order valence-electron chi connectivity index (χ4n) is 2.70. The maximum Gasteiger partial charge on any atom is 0.265 e. The van der Waals surface area contributed by atoms with Crippen LogP contribution in [0.3, 0.4) is 0 Å². The van der Waals surface area contributed by atoms with Crippen LogP contribution in [0.1, 0.15) is 15.2 Å². The maximum absolute atomic E-state index is 12.4. The highest BCUT2D eigenvalue weighted by Gasteiger charge is 2.45. The molecule has 2 heterocycles. The summed E-state index contributed by atoms with van der Waals surface area (Å²) >= 11 is 1.15. The number of aliphatic hydroxyl groups is 4. The smallest absolute Gasteiger partial charge is 0.265 e. The minimum Gasteiger partial charge on any atom is -0.460 e. The number of ether oxygens (including phenoxy) is 2. The van der Waals surface area contributed by atoms with E-state index in [1.165, 1.54) is 0 Å². The van der Waals surface area contributed by atoms with Gasteiger partial charge in [-0.3, -0.25) is 4.79 Å². The Balaban J connectivity index is 1.66. The molecule has 146 valence electrons. The predicted octanol–water partition coefficient (Wildman–Crippen LogP) is -0.143. The van der Waals surface area contributed by atoms with Gasteiger partial charge in [-0.1, -0.05) is 30.3 Å². The number of aliphatic hydroxyl groups excluding tert-OH is 4. The summed E-state index contributed by atoms with van der Waals surface area (Å²) < 4.78 is 10.9. The second kappa shape index (κ2) is 8.79. The van der Waals surface area contributed by atoms with Crippen LogP contribution in [0.5, 0.6) is 5.75 Å². The number of rotatable bonds is 6. The van der Waals surface area contributed by atoms with E-state index in [0.717, 1.165) is 16.9 Å². The standard InChI is InChI=1S/C18H21NO7S/c20-9-12-13(21)14(22)15(23)18(26-12)25-11-6-7-27-16(11)17(24)19-8-10-4-2-1-3-5-10/h1-7,12-15,18,20-23H,8-9H2,(H,19,24). The van der Waals surface area contributed by atoms with E-state index in [4.69, 9.17) is 9.47 Å². The SMILES string of the molecule is O=C(NCc1ccccc1)c1sccc1OC1OC(CO)C(O)C(O)C1O. The van der Waals surface area contributed by atoms with E-state index >= 15 is 0 Å². The molecule has 1 saturated heterocycles. The van der Waals surface area contributed by atoms with Gasteiger partial charge in [-0.2, -0.15) is 0 Å². The van der Waals surface area contributed by atoms with Crippen LogP contribution in [0.4, 0.5) is 0 Å². The highest BCUT2D eigenvalue weighted by molar-refractivity contribution is 7.12. The van der Waals surface area contributed by atoms with E-state index in [0.29, 0.717) is 6.54 Å². The highest BCUT2D eigenvalue weighted by Crippen LogP contribution is 2.29. The van der Waals surface area contributed by atoms with Crippen molar-refractivity contribution in [2.45, 2.75) is 37.3 Å². The van der Waals surface area contributed by atoms with Crippen molar-refractivity contribution >= 4 is 17.2 Å². The normalized spacial score (nSPS) is 27.9. The van der Waals surface area contributed by atoms with E-state index in [2.05, 4.69) is 5.32 Å². The maximum atomic E-state index is 12.4. The summed E-state index contributed by atoms with van der Waals surface area (Å²) in [6, 6.07) is 11.0. The summed E-state index contributed by atoms with van der Waals surface area (Å²) in [7, 11) is 0. The lowest BCUT2D eigenvalue weighted by molar-refractivity contribution is -0.277. The van der Waals surface area contributed by atoms with Crippen LogP contribution >= 0.6 is 11.3 Å². The van der Waals surface area contributed by atoms with Gasteiger partial charge in [0.25, 0.3) is 5.91 Å².